The lowest BCUT2D eigenvalue weighted by Gasteiger charge is -2.38. The van der Waals surface area contributed by atoms with Crippen LogP contribution in [0.5, 0.6) is 0 Å². The third-order valence-corrected chi connectivity index (χ3v) is 4.02. The molecule has 1 aliphatic rings. The van der Waals surface area contributed by atoms with Crippen LogP contribution >= 0.6 is 0 Å². The van der Waals surface area contributed by atoms with Crippen LogP contribution in [0.25, 0.3) is 0 Å². The molecule has 1 saturated heterocycles. The molecule has 2 atom stereocenters. The molecule has 17 heavy (non-hydrogen) atoms. The summed E-state index contributed by atoms with van der Waals surface area (Å²) in [5.41, 5.74) is 0. The number of sulfonamides is 1. The maximum Gasteiger partial charge on any atom is 0.208 e. The lowest BCUT2D eigenvalue weighted by atomic mass is 9.96. The highest BCUT2D eigenvalue weighted by Crippen LogP contribution is 2.20. The van der Waals surface area contributed by atoms with Crippen molar-refractivity contribution in [1.82, 2.24) is 9.62 Å². The van der Waals surface area contributed by atoms with Crippen LogP contribution in [-0.2, 0) is 10.0 Å². The quantitative estimate of drug-likeness (QED) is 0.717. The van der Waals surface area contributed by atoms with Gasteiger partial charge in [-0.2, -0.15) is 0 Å². The van der Waals surface area contributed by atoms with Crippen LogP contribution in [-0.4, -0.2) is 56.5 Å². The third-order valence-electron chi connectivity index (χ3n) is 3.29. The minimum atomic E-state index is -3.11. The van der Waals surface area contributed by atoms with Gasteiger partial charge in [0.15, 0.2) is 0 Å². The highest BCUT2D eigenvalue weighted by Gasteiger charge is 2.27. The van der Waals surface area contributed by atoms with Crippen LogP contribution < -0.4 is 4.72 Å². The molecule has 1 rings (SSSR count). The Labute approximate surface area is 104 Å². The van der Waals surface area contributed by atoms with Crippen molar-refractivity contribution in [3.05, 3.63) is 0 Å². The van der Waals surface area contributed by atoms with E-state index < -0.39 is 10.0 Å². The van der Waals surface area contributed by atoms with E-state index in [0.717, 1.165) is 32.2 Å². The number of rotatable bonds is 6. The van der Waals surface area contributed by atoms with Crippen molar-refractivity contribution in [2.45, 2.75) is 44.8 Å². The standard InChI is InChI=1S/C11H24N2O3S/c1-3-11(14)10-6-4-5-8-13(10)9-7-12-17(2,15)16/h10-12,14H,3-9H2,1-2H3. The van der Waals surface area contributed by atoms with Crippen molar-refractivity contribution in [3.8, 4) is 0 Å². The van der Waals surface area contributed by atoms with E-state index in [1.807, 2.05) is 6.92 Å². The number of nitrogens with one attached hydrogen (secondary N) is 1. The van der Waals surface area contributed by atoms with E-state index in [4.69, 9.17) is 0 Å². The van der Waals surface area contributed by atoms with Crippen LogP contribution in [0.4, 0.5) is 0 Å². The van der Waals surface area contributed by atoms with E-state index in [-0.39, 0.29) is 12.1 Å². The van der Waals surface area contributed by atoms with Gasteiger partial charge in [-0.05, 0) is 25.8 Å². The van der Waals surface area contributed by atoms with Crippen LogP contribution in [0.1, 0.15) is 32.6 Å². The van der Waals surface area contributed by atoms with Crippen LogP contribution in [0, 0.1) is 0 Å². The minimum Gasteiger partial charge on any atom is -0.392 e. The van der Waals surface area contributed by atoms with Crippen molar-refractivity contribution in [3.63, 3.8) is 0 Å². The number of nitrogens with zero attached hydrogens (tertiary/aromatic N) is 1. The van der Waals surface area contributed by atoms with Crippen molar-refractivity contribution >= 4 is 10.0 Å². The predicted octanol–water partition coefficient (Wildman–Crippen LogP) is 0.161. The zero-order chi connectivity index (χ0) is 12.9. The molecule has 2 unspecified atom stereocenters. The Balaban J connectivity index is 2.43. The zero-order valence-corrected chi connectivity index (χ0v) is 11.5. The summed E-state index contributed by atoms with van der Waals surface area (Å²) < 4.78 is 24.4. The molecule has 1 aliphatic heterocycles. The van der Waals surface area contributed by atoms with E-state index >= 15 is 0 Å². The van der Waals surface area contributed by atoms with Gasteiger partial charge < -0.3 is 5.11 Å². The molecule has 0 aromatic heterocycles. The summed E-state index contributed by atoms with van der Waals surface area (Å²) >= 11 is 0. The van der Waals surface area contributed by atoms with Gasteiger partial charge in [-0.15, -0.1) is 0 Å². The van der Waals surface area contributed by atoms with E-state index in [9.17, 15) is 13.5 Å². The van der Waals surface area contributed by atoms with Crippen molar-refractivity contribution in [2.24, 2.45) is 0 Å². The summed E-state index contributed by atoms with van der Waals surface area (Å²) in [7, 11) is -3.11. The molecule has 5 nitrogen and oxygen atoms in total. The molecule has 0 spiro atoms. The lowest BCUT2D eigenvalue weighted by Crippen LogP contribution is -2.49. The van der Waals surface area contributed by atoms with Gasteiger partial charge in [0.25, 0.3) is 0 Å². The Hall–Kier alpha value is -0.170. The summed E-state index contributed by atoms with van der Waals surface area (Å²) in [5.74, 6) is 0. The number of aliphatic hydroxyl groups excluding tert-OH is 1. The lowest BCUT2D eigenvalue weighted by molar-refractivity contribution is 0.0254. The van der Waals surface area contributed by atoms with Crippen LogP contribution in [0.15, 0.2) is 0 Å². The summed E-state index contributed by atoms with van der Waals surface area (Å²) in [5, 5.41) is 9.93. The fourth-order valence-corrected chi connectivity index (χ4v) is 2.84. The minimum absolute atomic E-state index is 0.190. The molecule has 1 fully saturated rings. The molecular formula is C11H24N2O3S. The average molecular weight is 264 g/mol. The molecule has 1 heterocycles. The maximum atomic E-state index is 11.0. The second kappa shape index (κ2) is 6.68. The largest absolute Gasteiger partial charge is 0.392 e. The molecule has 6 heteroatoms. The first kappa shape index (κ1) is 14.9. The van der Waals surface area contributed by atoms with Gasteiger partial charge >= 0.3 is 0 Å². The smallest absolute Gasteiger partial charge is 0.208 e. The summed E-state index contributed by atoms with van der Waals surface area (Å²) in [6.07, 6.45) is 4.91. The Morgan fingerprint density at radius 1 is 1.47 bits per heavy atom. The molecule has 0 amide bonds. The van der Waals surface area contributed by atoms with Gasteiger partial charge in [-0.1, -0.05) is 13.3 Å². The molecule has 0 aromatic carbocycles. The van der Waals surface area contributed by atoms with Crippen LogP contribution in [0.2, 0.25) is 0 Å². The molecule has 2 N–H and O–H groups in total. The monoisotopic (exact) mass is 264 g/mol. The van der Waals surface area contributed by atoms with Gasteiger partial charge in [0.1, 0.15) is 0 Å². The number of piperidine rings is 1. The van der Waals surface area contributed by atoms with Gasteiger partial charge in [0.2, 0.25) is 10.0 Å². The highest BCUT2D eigenvalue weighted by molar-refractivity contribution is 7.88. The second-order valence-corrected chi connectivity index (χ2v) is 6.57. The summed E-state index contributed by atoms with van der Waals surface area (Å²) in [6, 6.07) is 0.190. The Bertz CT molecular complexity index is 319. The van der Waals surface area contributed by atoms with E-state index in [1.54, 1.807) is 0 Å². The fraction of sp³-hybridized carbons (Fsp3) is 1.00. The molecule has 0 aliphatic carbocycles. The van der Waals surface area contributed by atoms with E-state index in [0.29, 0.717) is 13.1 Å². The first-order chi connectivity index (χ1) is 7.94. The molecular weight excluding hydrogens is 240 g/mol. The number of likely N-dealkylation sites (tertiary alicyclic amines) is 1. The topological polar surface area (TPSA) is 69.6 Å². The molecule has 0 radical (unpaired) electrons. The first-order valence-electron chi connectivity index (χ1n) is 6.31. The molecule has 0 aromatic rings. The third kappa shape index (κ3) is 5.33. The molecule has 0 saturated carbocycles. The van der Waals surface area contributed by atoms with Gasteiger partial charge in [-0.3, -0.25) is 4.90 Å². The summed E-state index contributed by atoms with van der Waals surface area (Å²) in [4.78, 5) is 2.20. The summed E-state index contributed by atoms with van der Waals surface area (Å²) in [6.45, 7) is 4.03. The first-order valence-corrected chi connectivity index (χ1v) is 8.20. The Morgan fingerprint density at radius 2 is 2.18 bits per heavy atom. The highest BCUT2D eigenvalue weighted by atomic mass is 32.2. The normalized spacial score (nSPS) is 24.8. The Kier molecular flexibility index (Phi) is 5.85. The molecule has 102 valence electrons. The van der Waals surface area contributed by atoms with Gasteiger partial charge in [0, 0.05) is 19.1 Å². The average Bonchev–Trinajstić information content (AvgIpc) is 2.27. The predicted molar refractivity (Wildman–Crippen MR) is 68.4 cm³/mol. The van der Waals surface area contributed by atoms with Crippen molar-refractivity contribution < 1.29 is 13.5 Å². The Morgan fingerprint density at radius 3 is 2.76 bits per heavy atom. The van der Waals surface area contributed by atoms with Gasteiger partial charge in [-0.25, -0.2) is 13.1 Å². The van der Waals surface area contributed by atoms with Gasteiger partial charge in [0.05, 0.1) is 12.4 Å². The SMILES string of the molecule is CCC(O)C1CCCCN1CCNS(C)(=O)=O. The second-order valence-electron chi connectivity index (χ2n) is 4.74. The molecule has 0 bridgehead atoms. The number of hydrogen-bond acceptors (Lipinski definition) is 4. The van der Waals surface area contributed by atoms with Crippen molar-refractivity contribution in [1.29, 1.82) is 0 Å². The fourth-order valence-electron chi connectivity index (χ4n) is 2.38. The van der Waals surface area contributed by atoms with Crippen LogP contribution in [0.3, 0.4) is 0 Å². The van der Waals surface area contributed by atoms with E-state index in [1.165, 1.54) is 6.26 Å². The number of aliphatic hydroxyl groups is 1. The van der Waals surface area contributed by atoms with Crippen molar-refractivity contribution in [2.75, 3.05) is 25.9 Å². The zero-order valence-electron chi connectivity index (χ0n) is 10.7. The maximum absolute atomic E-state index is 11.0. The van der Waals surface area contributed by atoms with E-state index in [2.05, 4.69) is 9.62 Å². The number of hydrogen-bond donors (Lipinski definition) is 2.